The van der Waals surface area contributed by atoms with Crippen molar-refractivity contribution in [1.82, 2.24) is 0 Å². The first-order valence-electron chi connectivity index (χ1n) is 8.96. The third-order valence-corrected chi connectivity index (χ3v) is 6.72. The van der Waals surface area contributed by atoms with Gasteiger partial charge in [0.15, 0.2) is 0 Å². The number of sulfone groups is 1. The van der Waals surface area contributed by atoms with E-state index in [0.29, 0.717) is 17.3 Å². The van der Waals surface area contributed by atoms with E-state index in [4.69, 9.17) is 4.42 Å². The average molecular weight is 387 g/mol. The van der Waals surface area contributed by atoms with E-state index in [1.807, 2.05) is 71.6 Å². The van der Waals surface area contributed by atoms with Gasteiger partial charge in [-0.05, 0) is 30.7 Å². The van der Waals surface area contributed by atoms with Crippen molar-refractivity contribution in [2.75, 3.05) is 4.90 Å². The summed E-state index contributed by atoms with van der Waals surface area (Å²) in [4.78, 5) is 2.39. The zero-order chi connectivity index (χ0) is 19.3. The Labute approximate surface area is 163 Å². The van der Waals surface area contributed by atoms with Crippen LogP contribution in [0.1, 0.15) is 5.76 Å². The Kier molecular flexibility index (Phi) is 3.67. The largest absolute Gasteiger partial charge is 0.444 e. The maximum absolute atomic E-state index is 13.2. The third kappa shape index (κ3) is 2.40. The van der Waals surface area contributed by atoms with Crippen molar-refractivity contribution in [2.24, 2.45) is 0 Å². The van der Waals surface area contributed by atoms with Gasteiger partial charge < -0.3 is 4.42 Å². The Morgan fingerprint density at radius 2 is 1.39 bits per heavy atom. The van der Waals surface area contributed by atoms with E-state index in [0.717, 1.165) is 16.8 Å². The van der Waals surface area contributed by atoms with Crippen LogP contribution < -0.4 is 4.90 Å². The second kappa shape index (κ2) is 6.11. The molecule has 5 heteroatoms. The van der Waals surface area contributed by atoms with Crippen LogP contribution in [0.2, 0.25) is 0 Å². The number of hydrogen-bond donors (Lipinski definition) is 0. The predicted molar refractivity (Wildman–Crippen MR) is 109 cm³/mol. The second-order valence-corrected chi connectivity index (χ2v) is 8.60. The third-order valence-electron chi connectivity index (χ3n) is 4.92. The molecule has 0 N–H and O–H groups in total. The number of fused-ring (bicyclic) bond motifs is 2. The Hall–Kier alpha value is -3.31. The summed E-state index contributed by atoms with van der Waals surface area (Å²) in [6.07, 6.45) is 0. The maximum atomic E-state index is 13.2. The molecule has 0 amide bonds. The van der Waals surface area contributed by atoms with Crippen molar-refractivity contribution in [2.45, 2.75) is 16.7 Å². The van der Waals surface area contributed by atoms with Gasteiger partial charge in [0.1, 0.15) is 10.7 Å². The second-order valence-electron chi connectivity index (χ2n) is 6.72. The van der Waals surface area contributed by atoms with Crippen LogP contribution in [0, 0.1) is 6.92 Å². The predicted octanol–water partition coefficient (Wildman–Crippen LogP) is 5.87. The molecule has 0 bridgehead atoms. The van der Waals surface area contributed by atoms with Gasteiger partial charge in [-0.3, -0.25) is 4.90 Å². The van der Waals surface area contributed by atoms with Crippen LogP contribution in [-0.4, -0.2) is 8.42 Å². The van der Waals surface area contributed by atoms with E-state index in [1.165, 1.54) is 0 Å². The highest BCUT2D eigenvalue weighted by Crippen LogP contribution is 2.51. The van der Waals surface area contributed by atoms with Crippen LogP contribution in [0.3, 0.4) is 0 Å². The van der Waals surface area contributed by atoms with Crippen molar-refractivity contribution in [3.63, 3.8) is 0 Å². The molecule has 4 nitrogen and oxygen atoms in total. The first-order valence-corrected chi connectivity index (χ1v) is 10.4. The van der Waals surface area contributed by atoms with Gasteiger partial charge in [-0.2, -0.15) is 0 Å². The minimum Gasteiger partial charge on any atom is -0.444 e. The highest BCUT2D eigenvalue weighted by atomic mass is 32.2. The fraction of sp³-hybridized carbons (Fsp3) is 0.0435. The zero-order valence-corrected chi connectivity index (χ0v) is 16.0. The number of nitrogens with zero attached hydrogens (tertiary/aromatic N) is 1. The van der Waals surface area contributed by atoms with Crippen molar-refractivity contribution in [3.05, 3.63) is 90.7 Å². The Balaban J connectivity index is 1.84. The fourth-order valence-electron chi connectivity index (χ4n) is 3.69. The number of aryl methyl sites for hydroxylation is 1. The molecule has 0 aliphatic carbocycles. The quantitative estimate of drug-likeness (QED) is 0.380. The minimum atomic E-state index is -3.63. The van der Waals surface area contributed by atoms with Crippen LogP contribution >= 0.6 is 0 Å². The van der Waals surface area contributed by atoms with Crippen molar-refractivity contribution in [1.29, 1.82) is 0 Å². The van der Waals surface area contributed by atoms with E-state index in [9.17, 15) is 8.42 Å². The van der Waals surface area contributed by atoms with Crippen LogP contribution in [0.15, 0.2) is 99.1 Å². The van der Waals surface area contributed by atoms with Gasteiger partial charge in [0.05, 0.1) is 16.3 Å². The van der Waals surface area contributed by atoms with E-state index < -0.39 is 9.84 Å². The topological polar surface area (TPSA) is 50.5 Å². The monoisotopic (exact) mass is 387 g/mol. The molecule has 4 aromatic rings. The lowest BCUT2D eigenvalue weighted by atomic mass is 10.0. The molecular weight excluding hydrogens is 370 g/mol. The maximum Gasteiger partial charge on any atom is 0.223 e. The summed E-state index contributed by atoms with van der Waals surface area (Å²) in [6.45, 7) is 1.76. The molecule has 0 unspecified atom stereocenters. The van der Waals surface area contributed by atoms with E-state index in [1.54, 1.807) is 25.1 Å². The van der Waals surface area contributed by atoms with Crippen LogP contribution in [-0.2, 0) is 9.84 Å². The minimum absolute atomic E-state index is 0.201. The molecule has 0 radical (unpaired) electrons. The number of anilines is 3. The number of para-hydroxylation sites is 2. The molecular formula is C23H17NO3S. The summed E-state index contributed by atoms with van der Waals surface area (Å²) < 4.78 is 32.2. The van der Waals surface area contributed by atoms with Crippen LogP contribution in [0.5, 0.6) is 0 Å². The van der Waals surface area contributed by atoms with Crippen molar-refractivity contribution in [3.8, 4) is 11.1 Å². The normalized spacial score (nSPS) is 14.4. The molecule has 1 aliphatic rings. The van der Waals surface area contributed by atoms with Crippen LogP contribution in [0.25, 0.3) is 11.1 Å². The fourth-order valence-corrected chi connectivity index (χ4v) is 5.31. The van der Waals surface area contributed by atoms with Gasteiger partial charge >= 0.3 is 0 Å². The smallest absolute Gasteiger partial charge is 0.223 e. The molecule has 2 heterocycles. The summed E-state index contributed by atoms with van der Waals surface area (Å²) in [7, 11) is -3.63. The van der Waals surface area contributed by atoms with Gasteiger partial charge in [0.25, 0.3) is 0 Å². The van der Waals surface area contributed by atoms with Gasteiger partial charge in [-0.15, -0.1) is 0 Å². The molecule has 3 aromatic carbocycles. The van der Waals surface area contributed by atoms with E-state index >= 15 is 0 Å². The number of rotatable bonds is 2. The molecule has 1 aliphatic heterocycles. The average Bonchev–Trinajstić information content (AvgIpc) is 3.12. The Morgan fingerprint density at radius 1 is 0.750 bits per heavy atom. The molecule has 138 valence electrons. The van der Waals surface area contributed by atoms with Crippen LogP contribution in [0.4, 0.5) is 17.3 Å². The van der Waals surface area contributed by atoms with Gasteiger partial charge in [-0.25, -0.2) is 8.42 Å². The lowest BCUT2D eigenvalue weighted by Gasteiger charge is -2.30. The Bertz CT molecular complexity index is 1290. The molecule has 0 saturated heterocycles. The van der Waals surface area contributed by atoms with Crippen molar-refractivity contribution >= 4 is 27.1 Å². The summed E-state index contributed by atoms with van der Waals surface area (Å²) in [6, 6.07) is 26.6. The lowest BCUT2D eigenvalue weighted by molar-refractivity contribution is 0.532. The summed E-state index contributed by atoms with van der Waals surface area (Å²) in [5.41, 5.74) is 3.51. The van der Waals surface area contributed by atoms with Crippen molar-refractivity contribution < 1.29 is 12.8 Å². The van der Waals surface area contributed by atoms with E-state index in [-0.39, 0.29) is 9.79 Å². The summed E-state index contributed by atoms with van der Waals surface area (Å²) in [5.74, 6) is 0.892. The van der Waals surface area contributed by atoms with E-state index in [2.05, 4.69) is 0 Å². The number of hydrogen-bond acceptors (Lipinski definition) is 4. The molecule has 5 rings (SSSR count). The number of benzene rings is 3. The first-order chi connectivity index (χ1) is 13.6. The highest BCUT2D eigenvalue weighted by Gasteiger charge is 2.38. The highest BCUT2D eigenvalue weighted by molar-refractivity contribution is 7.92. The summed E-state index contributed by atoms with van der Waals surface area (Å²) in [5, 5.41) is 0. The summed E-state index contributed by atoms with van der Waals surface area (Å²) >= 11 is 0. The lowest BCUT2D eigenvalue weighted by Crippen LogP contribution is -2.21. The van der Waals surface area contributed by atoms with Gasteiger partial charge in [0, 0.05) is 11.6 Å². The molecule has 1 aromatic heterocycles. The Morgan fingerprint density at radius 3 is 2.18 bits per heavy atom. The van der Waals surface area contributed by atoms with Gasteiger partial charge in [0.2, 0.25) is 15.7 Å². The standard InChI is InChI=1S/C23H17NO3S/c1-16-15-22-23(27-16)24(20-13-7-8-14-21(20)28(22,25)26)19-12-6-5-11-18(19)17-9-3-2-4-10-17/h2-15H,1H3. The molecule has 0 spiro atoms. The zero-order valence-electron chi connectivity index (χ0n) is 15.2. The SMILES string of the molecule is Cc1cc2c(o1)N(c1ccccc1-c1ccccc1)c1ccccc1S2(=O)=O. The number of furan rings is 1. The molecule has 28 heavy (non-hydrogen) atoms. The van der Waals surface area contributed by atoms with Gasteiger partial charge in [-0.1, -0.05) is 60.7 Å². The first kappa shape index (κ1) is 16.8. The molecule has 0 saturated carbocycles. The molecule has 0 atom stereocenters. The molecule has 0 fully saturated rings.